The lowest BCUT2D eigenvalue weighted by molar-refractivity contribution is -0.0787. The van der Waals surface area contributed by atoms with Crippen LogP contribution in [0.5, 0.6) is 0 Å². The van der Waals surface area contributed by atoms with Crippen molar-refractivity contribution in [2.45, 2.75) is 24.5 Å². The van der Waals surface area contributed by atoms with Gasteiger partial charge in [0, 0.05) is 4.88 Å². The summed E-state index contributed by atoms with van der Waals surface area (Å²) < 4.78 is 6.58. The quantitative estimate of drug-likeness (QED) is 0.858. The van der Waals surface area contributed by atoms with Crippen molar-refractivity contribution in [3.8, 4) is 0 Å². The van der Waals surface area contributed by atoms with E-state index in [1.54, 1.807) is 11.3 Å². The highest BCUT2D eigenvalue weighted by Gasteiger charge is 2.45. The van der Waals surface area contributed by atoms with E-state index in [1.807, 2.05) is 0 Å². The van der Waals surface area contributed by atoms with Crippen molar-refractivity contribution < 1.29 is 4.74 Å². The van der Waals surface area contributed by atoms with Gasteiger partial charge in [0.1, 0.15) is 6.10 Å². The van der Waals surface area contributed by atoms with Crippen LogP contribution >= 0.6 is 11.3 Å². The first kappa shape index (κ1) is 11.6. The number of hydrogen-bond acceptors (Lipinski definition) is 3. The lowest BCUT2D eigenvalue weighted by Crippen LogP contribution is -2.39. The number of ether oxygens (including phenoxy) is 1. The number of rotatable bonds is 1. The van der Waals surface area contributed by atoms with E-state index >= 15 is 0 Å². The van der Waals surface area contributed by atoms with Gasteiger partial charge in [-0.05, 0) is 48.5 Å². The highest BCUT2D eigenvalue weighted by atomic mass is 32.1. The molecule has 1 aromatic heterocycles. The van der Waals surface area contributed by atoms with Gasteiger partial charge in [0.15, 0.2) is 0 Å². The molecule has 1 atom stereocenters. The van der Waals surface area contributed by atoms with Crippen molar-refractivity contribution in [1.29, 1.82) is 0 Å². The minimum absolute atomic E-state index is 0.0590. The summed E-state index contributed by atoms with van der Waals surface area (Å²) in [6, 6.07) is 13.1. The van der Waals surface area contributed by atoms with Crippen molar-refractivity contribution in [2.24, 2.45) is 0 Å². The molecule has 0 amide bonds. The molecule has 2 aliphatic heterocycles. The Balaban J connectivity index is 1.82. The molecule has 1 N–H and O–H groups in total. The summed E-state index contributed by atoms with van der Waals surface area (Å²) in [4.78, 5) is 1.32. The van der Waals surface area contributed by atoms with Gasteiger partial charge in [-0.25, -0.2) is 0 Å². The Hall–Kier alpha value is -1.16. The number of thiophene rings is 1. The second-order valence-electron chi connectivity index (χ2n) is 5.34. The first-order chi connectivity index (χ1) is 9.39. The largest absolute Gasteiger partial charge is 0.357 e. The summed E-state index contributed by atoms with van der Waals surface area (Å²) in [7, 11) is 0. The molecule has 2 aliphatic rings. The van der Waals surface area contributed by atoms with Crippen LogP contribution in [0.15, 0.2) is 41.8 Å². The summed E-state index contributed by atoms with van der Waals surface area (Å²) in [5.74, 6) is 0. The minimum Gasteiger partial charge on any atom is -0.357 e. The molecule has 4 rings (SSSR count). The highest BCUT2D eigenvalue weighted by Crippen LogP contribution is 2.51. The summed E-state index contributed by atoms with van der Waals surface area (Å²) in [6.45, 7) is 2.09. The van der Waals surface area contributed by atoms with Gasteiger partial charge >= 0.3 is 0 Å². The molecule has 19 heavy (non-hydrogen) atoms. The molecule has 3 heterocycles. The zero-order valence-corrected chi connectivity index (χ0v) is 11.6. The average molecular weight is 271 g/mol. The Morgan fingerprint density at radius 2 is 1.95 bits per heavy atom. The fourth-order valence-electron chi connectivity index (χ4n) is 3.36. The summed E-state index contributed by atoms with van der Waals surface area (Å²) in [5.41, 5.74) is 2.72. The average Bonchev–Trinajstić information content (AvgIpc) is 3.08. The molecule has 1 saturated heterocycles. The Kier molecular flexibility index (Phi) is 2.72. The van der Waals surface area contributed by atoms with Crippen LogP contribution in [0.3, 0.4) is 0 Å². The Morgan fingerprint density at radius 3 is 2.74 bits per heavy atom. The molecule has 2 aromatic rings. The predicted octanol–water partition coefficient (Wildman–Crippen LogP) is 3.45. The highest BCUT2D eigenvalue weighted by molar-refractivity contribution is 7.10. The molecule has 2 nitrogen and oxygen atoms in total. The van der Waals surface area contributed by atoms with Crippen molar-refractivity contribution in [1.82, 2.24) is 5.32 Å². The molecule has 1 aromatic carbocycles. The van der Waals surface area contributed by atoms with Crippen LogP contribution in [0, 0.1) is 0 Å². The number of hydrogen-bond donors (Lipinski definition) is 1. The van der Waals surface area contributed by atoms with E-state index in [2.05, 4.69) is 47.1 Å². The van der Waals surface area contributed by atoms with Gasteiger partial charge < -0.3 is 10.1 Å². The van der Waals surface area contributed by atoms with E-state index in [0.29, 0.717) is 0 Å². The summed E-state index contributed by atoms with van der Waals surface area (Å²) >= 11 is 1.79. The maximum absolute atomic E-state index is 6.58. The maximum atomic E-state index is 6.58. The van der Waals surface area contributed by atoms with E-state index in [9.17, 15) is 0 Å². The molecule has 0 radical (unpaired) electrons. The monoisotopic (exact) mass is 271 g/mol. The zero-order chi connectivity index (χ0) is 12.7. The van der Waals surface area contributed by atoms with Crippen LogP contribution in [0.25, 0.3) is 0 Å². The lowest BCUT2D eigenvalue weighted by Gasteiger charge is -2.34. The van der Waals surface area contributed by atoms with Gasteiger partial charge in [0.05, 0.1) is 5.60 Å². The van der Waals surface area contributed by atoms with Crippen LogP contribution in [0.2, 0.25) is 0 Å². The van der Waals surface area contributed by atoms with Crippen LogP contribution in [-0.4, -0.2) is 13.1 Å². The number of piperidine rings is 1. The van der Waals surface area contributed by atoms with Gasteiger partial charge in [0.25, 0.3) is 0 Å². The SMILES string of the molecule is c1csc(C2OC3(CCNCC3)c3ccccc32)c1. The van der Waals surface area contributed by atoms with Gasteiger partial charge in [-0.3, -0.25) is 0 Å². The molecule has 0 aliphatic carbocycles. The van der Waals surface area contributed by atoms with E-state index in [-0.39, 0.29) is 11.7 Å². The van der Waals surface area contributed by atoms with Gasteiger partial charge in [-0.2, -0.15) is 0 Å². The Morgan fingerprint density at radius 1 is 1.11 bits per heavy atom. The normalized spacial score (nSPS) is 24.5. The smallest absolute Gasteiger partial charge is 0.118 e. The molecular weight excluding hydrogens is 254 g/mol. The van der Waals surface area contributed by atoms with Gasteiger partial charge in [0.2, 0.25) is 0 Å². The Bertz CT molecular complexity index is 572. The summed E-state index contributed by atoms with van der Waals surface area (Å²) in [5, 5.41) is 5.57. The van der Waals surface area contributed by atoms with E-state index in [4.69, 9.17) is 4.74 Å². The van der Waals surface area contributed by atoms with Gasteiger partial charge in [-0.1, -0.05) is 30.3 Å². The first-order valence-electron chi connectivity index (χ1n) is 6.90. The fourth-order valence-corrected chi connectivity index (χ4v) is 4.13. The lowest BCUT2D eigenvalue weighted by atomic mass is 9.84. The van der Waals surface area contributed by atoms with E-state index in [0.717, 1.165) is 25.9 Å². The van der Waals surface area contributed by atoms with Crippen LogP contribution < -0.4 is 5.32 Å². The molecule has 1 spiro atoms. The minimum atomic E-state index is -0.0590. The third-order valence-corrected chi connectivity index (χ3v) is 5.21. The molecule has 98 valence electrons. The van der Waals surface area contributed by atoms with Crippen molar-refractivity contribution in [3.63, 3.8) is 0 Å². The van der Waals surface area contributed by atoms with E-state index in [1.165, 1.54) is 16.0 Å². The standard InChI is InChI=1S/C16H17NOS/c1-2-5-13-12(4-1)15(14-6-3-11-19-14)18-16(13)7-9-17-10-8-16/h1-6,11,15,17H,7-10H2. The molecule has 3 heteroatoms. The van der Waals surface area contributed by atoms with Crippen molar-refractivity contribution in [2.75, 3.05) is 13.1 Å². The first-order valence-corrected chi connectivity index (χ1v) is 7.78. The fraction of sp³-hybridized carbons (Fsp3) is 0.375. The molecule has 0 bridgehead atoms. The third-order valence-electron chi connectivity index (χ3n) is 4.29. The number of benzene rings is 1. The van der Waals surface area contributed by atoms with Crippen LogP contribution in [0.4, 0.5) is 0 Å². The van der Waals surface area contributed by atoms with Crippen molar-refractivity contribution >= 4 is 11.3 Å². The van der Waals surface area contributed by atoms with E-state index < -0.39 is 0 Å². The van der Waals surface area contributed by atoms with Crippen LogP contribution in [-0.2, 0) is 10.3 Å². The second kappa shape index (κ2) is 4.44. The van der Waals surface area contributed by atoms with Gasteiger partial charge in [-0.15, -0.1) is 11.3 Å². The third kappa shape index (κ3) is 1.76. The molecule has 1 unspecified atom stereocenters. The summed E-state index contributed by atoms with van der Waals surface area (Å²) in [6.07, 6.45) is 2.28. The zero-order valence-electron chi connectivity index (χ0n) is 10.8. The maximum Gasteiger partial charge on any atom is 0.118 e. The Labute approximate surface area is 117 Å². The second-order valence-corrected chi connectivity index (χ2v) is 6.32. The van der Waals surface area contributed by atoms with Crippen molar-refractivity contribution in [3.05, 3.63) is 57.8 Å². The van der Waals surface area contributed by atoms with Crippen LogP contribution in [0.1, 0.15) is 34.9 Å². The molecule has 1 fully saturated rings. The topological polar surface area (TPSA) is 21.3 Å². The molecule has 0 saturated carbocycles. The number of nitrogens with one attached hydrogen (secondary N) is 1. The molecular formula is C16H17NOS. The predicted molar refractivity (Wildman–Crippen MR) is 77.5 cm³/mol. The number of fused-ring (bicyclic) bond motifs is 2.